The molecule has 7 heteroatoms. The van der Waals surface area contributed by atoms with Crippen molar-refractivity contribution in [1.82, 2.24) is 9.47 Å². The van der Waals surface area contributed by atoms with Crippen molar-refractivity contribution in [3.63, 3.8) is 0 Å². The molecule has 1 aromatic heterocycles. The summed E-state index contributed by atoms with van der Waals surface area (Å²) in [5.74, 6) is -0.388. The van der Waals surface area contributed by atoms with Gasteiger partial charge in [0.15, 0.2) is 0 Å². The molecule has 0 saturated heterocycles. The molecule has 1 N–H and O–H groups in total. The lowest BCUT2D eigenvalue weighted by molar-refractivity contribution is 0.0526. The minimum absolute atomic E-state index is 0.230. The second-order valence-electron chi connectivity index (χ2n) is 8.26. The van der Waals surface area contributed by atoms with Crippen molar-refractivity contribution in [1.29, 1.82) is 0 Å². The van der Waals surface area contributed by atoms with Gasteiger partial charge in [-0.05, 0) is 66.9 Å². The molecule has 174 valence electrons. The van der Waals surface area contributed by atoms with Gasteiger partial charge in [-0.25, -0.2) is 14.0 Å². The maximum Gasteiger partial charge on any atom is 0.338 e. The van der Waals surface area contributed by atoms with Crippen molar-refractivity contribution in [3.8, 4) is 0 Å². The quantitative estimate of drug-likeness (QED) is 0.434. The van der Waals surface area contributed by atoms with Crippen molar-refractivity contribution in [2.45, 2.75) is 33.9 Å². The van der Waals surface area contributed by atoms with E-state index in [9.17, 15) is 14.0 Å². The van der Waals surface area contributed by atoms with Gasteiger partial charge in [0, 0.05) is 30.7 Å². The molecule has 0 aliphatic rings. The van der Waals surface area contributed by atoms with E-state index in [0.717, 1.165) is 11.3 Å². The highest BCUT2D eigenvalue weighted by Crippen LogP contribution is 2.16. The summed E-state index contributed by atoms with van der Waals surface area (Å²) in [6, 6.07) is 16.8. The average Bonchev–Trinajstić information content (AvgIpc) is 3.20. The van der Waals surface area contributed by atoms with Crippen LogP contribution in [-0.4, -0.2) is 34.6 Å². The number of carbonyl (C=O) groups excluding carboxylic acids is 2. The zero-order valence-corrected chi connectivity index (χ0v) is 19.3. The van der Waals surface area contributed by atoms with Crippen molar-refractivity contribution in [3.05, 3.63) is 89.5 Å². The molecule has 0 aliphatic carbocycles. The van der Waals surface area contributed by atoms with Crippen LogP contribution in [0.15, 0.2) is 66.9 Å². The molecular weight excluding hydrogens is 421 g/mol. The number of rotatable bonds is 9. The summed E-state index contributed by atoms with van der Waals surface area (Å²) in [4.78, 5) is 26.7. The van der Waals surface area contributed by atoms with Crippen LogP contribution in [0.25, 0.3) is 0 Å². The Kier molecular flexibility index (Phi) is 8.24. The van der Waals surface area contributed by atoms with Gasteiger partial charge in [-0.3, -0.25) is 0 Å². The van der Waals surface area contributed by atoms with Crippen molar-refractivity contribution >= 4 is 17.7 Å². The molecule has 0 aliphatic heterocycles. The number of carbonyl (C=O) groups is 2. The number of urea groups is 1. The summed E-state index contributed by atoms with van der Waals surface area (Å²) in [6.07, 6.45) is 1.93. The fraction of sp³-hybridized carbons (Fsp3) is 0.308. The first-order chi connectivity index (χ1) is 15.9. The number of hydrogen-bond acceptors (Lipinski definition) is 3. The zero-order valence-electron chi connectivity index (χ0n) is 19.3. The minimum atomic E-state index is -0.393. The zero-order chi connectivity index (χ0) is 23.8. The Morgan fingerprint density at radius 1 is 1.09 bits per heavy atom. The van der Waals surface area contributed by atoms with E-state index in [1.165, 1.54) is 12.1 Å². The molecule has 3 rings (SSSR count). The van der Waals surface area contributed by atoms with Crippen LogP contribution < -0.4 is 5.32 Å². The maximum absolute atomic E-state index is 13.6. The molecule has 0 radical (unpaired) electrons. The number of anilines is 1. The van der Waals surface area contributed by atoms with Crippen LogP contribution >= 0.6 is 0 Å². The fourth-order valence-electron chi connectivity index (χ4n) is 3.54. The van der Waals surface area contributed by atoms with Crippen LogP contribution in [0.4, 0.5) is 14.9 Å². The summed E-state index contributed by atoms with van der Waals surface area (Å²) in [5.41, 5.74) is 2.84. The van der Waals surface area contributed by atoms with E-state index < -0.39 is 5.97 Å². The van der Waals surface area contributed by atoms with E-state index in [0.29, 0.717) is 37.5 Å². The Morgan fingerprint density at radius 3 is 2.52 bits per heavy atom. The number of hydrogen-bond donors (Lipinski definition) is 1. The number of ether oxygens (including phenoxy) is 1. The lowest BCUT2D eigenvalue weighted by Gasteiger charge is -2.26. The van der Waals surface area contributed by atoms with Gasteiger partial charge in [-0.1, -0.05) is 26.0 Å². The SMILES string of the molecule is CCOC(=O)c1ccc(NC(=O)N(Cc2cccn2Cc2cccc(F)c2)CC(C)C)cc1. The van der Waals surface area contributed by atoms with Gasteiger partial charge < -0.3 is 19.5 Å². The second kappa shape index (κ2) is 11.3. The molecule has 0 spiro atoms. The highest BCUT2D eigenvalue weighted by molar-refractivity contribution is 5.92. The fourth-order valence-corrected chi connectivity index (χ4v) is 3.54. The van der Waals surface area contributed by atoms with E-state index in [-0.39, 0.29) is 17.8 Å². The molecule has 0 bridgehead atoms. The highest BCUT2D eigenvalue weighted by atomic mass is 19.1. The molecule has 2 amide bonds. The monoisotopic (exact) mass is 451 g/mol. The van der Waals surface area contributed by atoms with Crippen molar-refractivity contribution in [2.75, 3.05) is 18.5 Å². The number of benzene rings is 2. The summed E-state index contributed by atoms with van der Waals surface area (Å²) >= 11 is 0. The molecule has 33 heavy (non-hydrogen) atoms. The smallest absolute Gasteiger partial charge is 0.338 e. The molecule has 1 heterocycles. The Bertz CT molecular complexity index is 1080. The molecule has 0 atom stereocenters. The molecule has 0 saturated carbocycles. The standard InChI is InChI=1S/C26H30FN3O3/c1-4-33-25(31)21-10-12-23(13-11-21)28-26(32)30(16-19(2)3)18-24-9-6-14-29(24)17-20-7-5-8-22(27)15-20/h5-15,19H,4,16-18H2,1-3H3,(H,28,32). The predicted molar refractivity (Wildman–Crippen MR) is 127 cm³/mol. The van der Waals surface area contributed by atoms with Crippen LogP contribution in [0.5, 0.6) is 0 Å². The molecule has 3 aromatic rings. The predicted octanol–water partition coefficient (Wildman–Crippen LogP) is 5.54. The normalized spacial score (nSPS) is 10.8. The molecule has 6 nitrogen and oxygen atoms in total. The van der Waals surface area contributed by atoms with Crippen LogP contribution in [-0.2, 0) is 17.8 Å². The number of nitrogens with one attached hydrogen (secondary N) is 1. The second-order valence-corrected chi connectivity index (χ2v) is 8.26. The van der Waals surface area contributed by atoms with Gasteiger partial charge in [-0.15, -0.1) is 0 Å². The first kappa shape index (κ1) is 24.0. The van der Waals surface area contributed by atoms with Gasteiger partial charge in [0.1, 0.15) is 5.82 Å². The summed E-state index contributed by atoms with van der Waals surface area (Å²) in [6.45, 7) is 7.67. The van der Waals surface area contributed by atoms with Crippen LogP contribution in [0.2, 0.25) is 0 Å². The van der Waals surface area contributed by atoms with Gasteiger partial charge in [-0.2, -0.15) is 0 Å². The third-order valence-corrected chi connectivity index (χ3v) is 5.04. The van der Waals surface area contributed by atoms with Crippen LogP contribution in [0, 0.1) is 11.7 Å². The molecule has 0 unspecified atom stereocenters. The third-order valence-electron chi connectivity index (χ3n) is 5.04. The largest absolute Gasteiger partial charge is 0.462 e. The topological polar surface area (TPSA) is 63.6 Å². The van der Waals surface area contributed by atoms with E-state index in [1.54, 1.807) is 42.2 Å². The average molecular weight is 452 g/mol. The highest BCUT2D eigenvalue weighted by Gasteiger charge is 2.18. The number of halogens is 1. The van der Waals surface area contributed by atoms with Gasteiger partial charge in [0.2, 0.25) is 0 Å². The summed E-state index contributed by atoms with van der Waals surface area (Å²) in [7, 11) is 0. The first-order valence-corrected chi connectivity index (χ1v) is 11.1. The Hall–Kier alpha value is -3.61. The van der Waals surface area contributed by atoms with Crippen LogP contribution in [0.3, 0.4) is 0 Å². The van der Waals surface area contributed by atoms with E-state index in [2.05, 4.69) is 19.2 Å². The number of nitrogens with zero attached hydrogens (tertiary/aromatic N) is 2. The third kappa shape index (κ3) is 6.94. The lowest BCUT2D eigenvalue weighted by atomic mass is 10.2. The van der Waals surface area contributed by atoms with E-state index in [1.807, 2.05) is 29.0 Å². The number of aromatic nitrogens is 1. The molecule has 2 aromatic carbocycles. The lowest BCUT2D eigenvalue weighted by Crippen LogP contribution is -2.37. The van der Waals surface area contributed by atoms with Crippen LogP contribution in [0.1, 0.15) is 42.4 Å². The van der Waals surface area contributed by atoms with Gasteiger partial charge in [0.25, 0.3) is 0 Å². The van der Waals surface area contributed by atoms with E-state index in [4.69, 9.17) is 4.74 Å². The molecular formula is C26H30FN3O3. The van der Waals surface area contributed by atoms with E-state index >= 15 is 0 Å². The van der Waals surface area contributed by atoms with Crippen molar-refractivity contribution < 1.29 is 18.7 Å². The maximum atomic E-state index is 13.6. The minimum Gasteiger partial charge on any atom is -0.462 e. The van der Waals surface area contributed by atoms with Gasteiger partial charge in [0.05, 0.1) is 18.7 Å². The number of amides is 2. The first-order valence-electron chi connectivity index (χ1n) is 11.1. The summed E-state index contributed by atoms with van der Waals surface area (Å²) in [5, 5.41) is 2.91. The molecule has 0 fully saturated rings. The Labute approximate surface area is 194 Å². The Balaban J connectivity index is 1.71. The number of esters is 1. The summed E-state index contributed by atoms with van der Waals surface area (Å²) < 4.78 is 20.6. The Morgan fingerprint density at radius 2 is 1.85 bits per heavy atom. The van der Waals surface area contributed by atoms with Crippen molar-refractivity contribution in [2.24, 2.45) is 5.92 Å². The van der Waals surface area contributed by atoms with Gasteiger partial charge >= 0.3 is 12.0 Å².